The summed E-state index contributed by atoms with van der Waals surface area (Å²) in [5.74, 6) is -0.228. The first-order valence-electron chi connectivity index (χ1n) is 11.0. The molecule has 4 aliphatic carbocycles. The molecule has 6 nitrogen and oxygen atoms in total. The molecular formula is C26H21NO5. The second-order valence-corrected chi connectivity index (χ2v) is 9.08. The summed E-state index contributed by atoms with van der Waals surface area (Å²) >= 11 is 0. The van der Waals surface area contributed by atoms with Gasteiger partial charge in [-0.15, -0.1) is 0 Å². The van der Waals surface area contributed by atoms with Crippen molar-refractivity contribution >= 4 is 29.3 Å². The third-order valence-corrected chi connectivity index (χ3v) is 7.45. The Morgan fingerprint density at radius 1 is 0.812 bits per heavy atom. The highest BCUT2D eigenvalue weighted by Crippen LogP contribution is 2.65. The minimum Gasteiger partial charge on any atom is -0.454 e. The van der Waals surface area contributed by atoms with E-state index in [1.807, 2.05) is 0 Å². The molecule has 2 aromatic rings. The summed E-state index contributed by atoms with van der Waals surface area (Å²) in [7, 11) is 0. The number of hydrogen-bond acceptors (Lipinski definition) is 5. The number of amides is 2. The highest BCUT2D eigenvalue weighted by atomic mass is 16.5. The summed E-state index contributed by atoms with van der Waals surface area (Å²) in [4.78, 5) is 52.1. The molecule has 3 fully saturated rings. The Labute approximate surface area is 184 Å². The lowest BCUT2D eigenvalue weighted by molar-refractivity contribution is -0.124. The number of ether oxygens (including phenoxy) is 1. The van der Waals surface area contributed by atoms with Crippen LogP contribution >= 0.6 is 0 Å². The van der Waals surface area contributed by atoms with E-state index in [4.69, 9.17) is 4.74 Å². The van der Waals surface area contributed by atoms with Crippen LogP contribution in [0.5, 0.6) is 0 Å². The van der Waals surface area contributed by atoms with Gasteiger partial charge in [0.2, 0.25) is 11.8 Å². The van der Waals surface area contributed by atoms with Crippen molar-refractivity contribution in [1.82, 2.24) is 0 Å². The lowest BCUT2D eigenvalue weighted by Gasteiger charge is -2.37. The third kappa shape index (κ3) is 2.79. The van der Waals surface area contributed by atoms with E-state index in [2.05, 4.69) is 12.2 Å². The molecule has 2 saturated carbocycles. The van der Waals surface area contributed by atoms with Gasteiger partial charge in [-0.2, -0.15) is 0 Å². The number of anilines is 1. The smallest absolute Gasteiger partial charge is 0.338 e. The highest BCUT2D eigenvalue weighted by molar-refractivity contribution is 6.22. The highest BCUT2D eigenvalue weighted by Gasteiger charge is 2.67. The molecule has 0 radical (unpaired) electrons. The van der Waals surface area contributed by atoms with Crippen LogP contribution in [-0.4, -0.2) is 30.2 Å². The van der Waals surface area contributed by atoms with Crippen LogP contribution in [0.2, 0.25) is 0 Å². The molecule has 1 saturated heterocycles. The van der Waals surface area contributed by atoms with Crippen LogP contribution in [0.15, 0.2) is 66.7 Å². The summed E-state index contributed by atoms with van der Waals surface area (Å²) in [6.07, 6.45) is 5.41. The van der Waals surface area contributed by atoms with E-state index in [1.165, 1.54) is 17.0 Å². The normalized spacial score (nSPS) is 31.3. The molecule has 0 aromatic heterocycles. The molecule has 160 valence electrons. The summed E-state index contributed by atoms with van der Waals surface area (Å²) < 4.78 is 5.14. The number of Topliss-reactive ketones (excluding diaryl/α,β-unsaturated/α-hetero) is 1. The van der Waals surface area contributed by atoms with Gasteiger partial charge >= 0.3 is 5.97 Å². The first-order valence-corrected chi connectivity index (χ1v) is 11.0. The van der Waals surface area contributed by atoms with E-state index in [0.29, 0.717) is 23.1 Å². The van der Waals surface area contributed by atoms with E-state index in [1.54, 1.807) is 42.5 Å². The van der Waals surface area contributed by atoms with Gasteiger partial charge in [-0.1, -0.05) is 42.5 Å². The molecule has 32 heavy (non-hydrogen) atoms. The Balaban J connectivity index is 1.15. The lowest BCUT2D eigenvalue weighted by Crippen LogP contribution is -2.40. The van der Waals surface area contributed by atoms with Crippen molar-refractivity contribution in [3.8, 4) is 0 Å². The van der Waals surface area contributed by atoms with E-state index in [-0.39, 0.29) is 53.4 Å². The molecule has 6 atom stereocenters. The van der Waals surface area contributed by atoms with Gasteiger partial charge in [0.25, 0.3) is 0 Å². The molecule has 7 rings (SSSR count). The van der Waals surface area contributed by atoms with Gasteiger partial charge in [-0.05, 0) is 54.4 Å². The van der Waals surface area contributed by atoms with Crippen LogP contribution in [0.25, 0.3) is 0 Å². The SMILES string of the molecule is O=C(COC(=O)c1ccc(N2C(=O)[C@@H]3[C@H]4C=C[C@@H]([C@@H]5C[C@H]45)[C@H]3C2=O)cc1)c1ccccc1. The molecule has 0 N–H and O–H groups in total. The summed E-state index contributed by atoms with van der Waals surface area (Å²) in [5, 5.41) is 0. The lowest BCUT2D eigenvalue weighted by atomic mass is 9.63. The van der Waals surface area contributed by atoms with Gasteiger partial charge in [-0.25, -0.2) is 4.79 Å². The molecule has 0 unspecified atom stereocenters. The Kier molecular flexibility index (Phi) is 4.18. The van der Waals surface area contributed by atoms with E-state index < -0.39 is 5.97 Å². The average Bonchev–Trinajstić information content (AvgIpc) is 3.61. The minimum atomic E-state index is -0.629. The summed E-state index contributed by atoms with van der Waals surface area (Å²) in [6.45, 7) is -0.352. The van der Waals surface area contributed by atoms with Crippen LogP contribution in [-0.2, 0) is 14.3 Å². The average molecular weight is 427 g/mol. The Hall–Kier alpha value is -3.54. The van der Waals surface area contributed by atoms with Gasteiger partial charge in [0.1, 0.15) is 0 Å². The van der Waals surface area contributed by atoms with Crippen molar-refractivity contribution in [2.45, 2.75) is 6.42 Å². The number of nitrogens with zero attached hydrogens (tertiary/aromatic N) is 1. The molecule has 0 spiro atoms. The maximum atomic E-state index is 13.2. The second kappa shape index (κ2) is 6.99. The van der Waals surface area contributed by atoms with Crippen molar-refractivity contribution in [3.63, 3.8) is 0 Å². The minimum absolute atomic E-state index is 0.131. The summed E-state index contributed by atoms with van der Waals surface area (Å²) in [6, 6.07) is 14.9. The quantitative estimate of drug-likeness (QED) is 0.317. The second-order valence-electron chi connectivity index (χ2n) is 9.08. The topological polar surface area (TPSA) is 80.8 Å². The molecule has 1 aliphatic heterocycles. The van der Waals surface area contributed by atoms with E-state index in [0.717, 1.165) is 6.42 Å². The summed E-state index contributed by atoms with van der Waals surface area (Å²) in [5.41, 5.74) is 1.21. The number of rotatable bonds is 5. The maximum absolute atomic E-state index is 13.2. The zero-order valence-electron chi connectivity index (χ0n) is 17.2. The van der Waals surface area contributed by atoms with Crippen LogP contribution in [0.4, 0.5) is 5.69 Å². The third-order valence-electron chi connectivity index (χ3n) is 7.45. The first-order chi connectivity index (χ1) is 15.5. The largest absolute Gasteiger partial charge is 0.454 e. The van der Waals surface area contributed by atoms with Crippen molar-refractivity contribution < 1.29 is 23.9 Å². The number of benzene rings is 2. The number of carbonyl (C=O) groups excluding carboxylic acids is 4. The Bertz CT molecular complexity index is 1130. The molecule has 1 heterocycles. The molecule has 2 bridgehead atoms. The molecule has 5 aliphatic rings. The number of imide groups is 1. The fourth-order valence-corrected chi connectivity index (χ4v) is 5.88. The number of esters is 1. The molecule has 2 aromatic carbocycles. The van der Waals surface area contributed by atoms with Gasteiger partial charge in [-0.3, -0.25) is 19.3 Å². The van der Waals surface area contributed by atoms with Crippen LogP contribution in [0, 0.1) is 35.5 Å². The fourth-order valence-electron chi connectivity index (χ4n) is 5.88. The van der Waals surface area contributed by atoms with Gasteiger partial charge in [0.15, 0.2) is 12.4 Å². The van der Waals surface area contributed by atoms with Gasteiger partial charge in [0, 0.05) is 5.56 Å². The first kappa shape index (κ1) is 19.2. The number of hydrogen-bond donors (Lipinski definition) is 0. The van der Waals surface area contributed by atoms with Crippen molar-refractivity contribution in [1.29, 1.82) is 0 Å². The Morgan fingerprint density at radius 2 is 1.41 bits per heavy atom. The standard InChI is InChI=1S/C26H21NO5/c28-21(14-4-2-1-3-5-14)13-32-26(31)15-6-8-16(9-7-15)27-24(29)22-17-10-11-18(20-12-19(17)20)23(22)25(27)30/h1-11,17-20,22-23H,12-13H2/t17-,18-,19-,20+,22+,23+/m0/s1. The molecular weight excluding hydrogens is 406 g/mol. The van der Waals surface area contributed by atoms with Gasteiger partial charge in [0.05, 0.1) is 23.1 Å². The van der Waals surface area contributed by atoms with Crippen LogP contribution < -0.4 is 4.90 Å². The van der Waals surface area contributed by atoms with E-state index >= 15 is 0 Å². The van der Waals surface area contributed by atoms with Crippen LogP contribution in [0.3, 0.4) is 0 Å². The number of ketones is 1. The van der Waals surface area contributed by atoms with Crippen LogP contribution in [0.1, 0.15) is 27.1 Å². The van der Waals surface area contributed by atoms with E-state index in [9.17, 15) is 19.2 Å². The number of allylic oxidation sites excluding steroid dienone is 2. The Morgan fingerprint density at radius 3 is 2.00 bits per heavy atom. The van der Waals surface area contributed by atoms with Crippen molar-refractivity contribution in [2.24, 2.45) is 35.5 Å². The zero-order chi connectivity index (χ0) is 22.0. The van der Waals surface area contributed by atoms with Gasteiger partial charge < -0.3 is 4.74 Å². The predicted octanol–water partition coefficient (Wildman–Crippen LogP) is 3.28. The monoisotopic (exact) mass is 427 g/mol. The molecule has 6 heteroatoms. The van der Waals surface area contributed by atoms with Crippen molar-refractivity contribution in [3.05, 3.63) is 77.9 Å². The zero-order valence-corrected chi connectivity index (χ0v) is 17.2. The number of carbonyl (C=O) groups is 4. The molecule has 2 amide bonds. The predicted molar refractivity (Wildman–Crippen MR) is 115 cm³/mol. The fraction of sp³-hybridized carbons (Fsp3) is 0.308. The maximum Gasteiger partial charge on any atom is 0.338 e. The van der Waals surface area contributed by atoms with Crippen molar-refractivity contribution in [2.75, 3.05) is 11.5 Å².